The average molecular weight is 187 g/mol. The first-order valence-electron chi connectivity index (χ1n) is 4.46. The smallest absolute Gasteiger partial charge is 0.134 e. The summed E-state index contributed by atoms with van der Waals surface area (Å²) in [7, 11) is 0. The topological polar surface area (TPSA) is 37.8 Å². The third kappa shape index (κ3) is 2.60. The molecule has 1 aromatic rings. The lowest BCUT2D eigenvalue weighted by Crippen LogP contribution is -2.14. The Bertz CT molecular complexity index is 363. The van der Waals surface area contributed by atoms with Gasteiger partial charge in [0.2, 0.25) is 0 Å². The highest BCUT2D eigenvalue weighted by atomic mass is 14.9. The largest absolute Gasteiger partial charge is 0.389 e. The van der Waals surface area contributed by atoms with E-state index >= 15 is 0 Å². The Morgan fingerprint density at radius 3 is 2.93 bits per heavy atom. The molecular formula is C11H13N3. The Balaban J connectivity index is 2.77. The van der Waals surface area contributed by atoms with Crippen LogP contribution in [0.4, 0.5) is 0 Å². The monoisotopic (exact) mass is 187 g/mol. The molecule has 0 aromatic carbocycles. The molecule has 0 saturated heterocycles. The number of likely N-dealkylation sites (N-methyl/N-ethyl adjacent to an activating group) is 1. The molecule has 3 heteroatoms. The first-order chi connectivity index (χ1) is 6.77. The highest BCUT2D eigenvalue weighted by Gasteiger charge is 2.03. The van der Waals surface area contributed by atoms with E-state index in [0.717, 1.165) is 17.9 Å². The molecular weight excluding hydrogens is 174 g/mol. The molecule has 0 spiro atoms. The van der Waals surface area contributed by atoms with Crippen molar-refractivity contribution in [2.45, 2.75) is 13.3 Å². The Morgan fingerprint density at radius 2 is 2.29 bits per heavy atom. The molecule has 1 aromatic heterocycles. The van der Waals surface area contributed by atoms with E-state index in [-0.39, 0.29) is 0 Å². The normalized spacial score (nSPS) is 9.14. The molecule has 1 N–H and O–H groups in total. The van der Waals surface area contributed by atoms with Crippen LogP contribution in [0.15, 0.2) is 24.7 Å². The van der Waals surface area contributed by atoms with Crippen LogP contribution in [-0.4, -0.2) is 16.5 Å². The van der Waals surface area contributed by atoms with E-state index in [2.05, 4.69) is 27.8 Å². The number of hydrogen-bond donors (Lipinski definition) is 1. The third-order valence-corrected chi connectivity index (χ3v) is 1.72. The van der Waals surface area contributed by atoms with Gasteiger partial charge in [-0.25, -0.2) is 4.98 Å². The first-order valence-corrected chi connectivity index (χ1v) is 4.46. The average Bonchev–Trinajstić information content (AvgIpc) is 2.19. The Labute approximate surface area is 84.3 Å². The zero-order valence-electron chi connectivity index (χ0n) is 8.25. The quantitative estimate of drug-likeness (QED) is 0.718. The van der Waals surface area contributed by atoms with Gasteiger partial charge in [0.25, 0.3) is 0 Å². The molecule has 72 valence electrons. The summed E-state index contributed by atoms with van der Waals surface area (Å²) < 4.78 is 0. The summed E-state index contributed by atoms with van der Waals surface area (Å²) in [5, 5.41) is 3.11. The highest BCUT2D eigenvalue weighted by molar-refractivity contribution is 5.30. The van der Waals surface area contributed by atoms with Crippen molar-refractivity contribution in [2.75, 3.05) is 6.54 Å². The van der Waals surface area contributed by atoms with E-state index in [4.69, 9.17) is 6.42 Å². The number of terminal acetylenes is 1. The lowest BCUT2D eigenvalue weighted by Gasteiger charge is -2.07. The zero-order valence-corrected chi connectivity index (χ0v) is 8.25. The molecule has 0 fully saturated rings. The number of nitrogens with one attached hydrogen (secondary N) is 1. The molecule has 3 nitrogen and oxygen atoms in total. The molecule has 1 heterocycles. The Kier molecular flexibility index (Phi) is 3.69. The SMILES string of the molecule is C#Cc1nccnc1CC(=C)NCC. The maximum atomic E-state index is 5.30. The van der Waals surface area contributed by atoms with Crippen molar-refractivity contribution in [2.24, 2.45) is 0 Å². The van der Waals surface area contributed by atoms with Crippen LogP contribution in [0.25, 0.3) is 0 Å². The molecule has 0 bridgehead atoms. The standard InChI is InChI=1S/C11H13N3/c1-4-10-11(14-7-6-13-10)8-9(3)12-5-2/h1,6-7,12H,3,5,8H2,2H3. The van der Waals surface area contributed by atoms with Crippen molar-refractivity contribution in [1.82, 2.24) is 15.3 Å². The minimum atomic E-state index is 0.589. The number of hydrogen-bond acceptors (Lipinski definition) is 3. The van der Waals surface area contributed by atoms with Gasteiger partial charge >= 0.3 is 0 Å². The van der Waals surface area contributed by atoms with Crippen LogP contribution in [0.2, 0.25) is 0 Å². The van der Waals surface area contributed by atoms with E-state index in [1.54, 1.807) is 12.4 Å². The van der Waals surface area contributed by atoms with Gasteiger partial charge in [0.15, 0.2) is 0 Å². The summed E-state index contributed by atoms with van der Waals surface area (Å²) >= 11 is 0. The second-order valence-electron chi connectivity index (χ2n) is 2.81. The highest BCUT2D eigenvalue weighted by Crippen LogP contribution is 2.04. The van der Waals surface area contributed by atoms with Crippen LogP contribution in [0, 0.1) is 12.3 Å². The fraction of sp³-hybridized carbons (Fsp3) is 0.273. The number of rotatable bonds is 4. The van der Waals surface area contributed by atoms with Gasteiger partial charge in [-0.3, -0.25) is 4.98 Å². The van der Waals surface area contributed by atoms with Crippen molar-refractivity contribution in [1.29, 1.82) is 0 Å². The van der Waals surface area contributed by atoms with E-state index in [1.807, 2.05) is 6.92 Å². The maximum absolute atomic E-state index is 5.30. The summed E-state index contributed by atoms with van der Waals surface area (Å²) in [5.41, 5.74) is 2.29. The maximum Gasteiger partial charge on any atom is 0.134 e. The molecule has 14 heavy (non-hydrogen) atoms. The Morgan fingerprint density at radius 1 is 1.57 bits per heavy atom. The van der Waals surface area contributed by atoms with Gasteiger partial charge < -0.3 is 5.32 Å². The van der Waals surface area contributed by atoms with Crippen LogP contribution in [-0.2, 0) is 6.42 Å². The van der Waals surface area contributed by atoms with Crippen LogP contribution >= 0.6 is 0 Å². The molecule has 0 aliphatic heterocycles. The van der Waals surface area contributed by atoms with Crippen LogP contribution in [0.1, 0.15) is 18.3 Å². The van der Waals surface area contributed by atoms with Crippen molar-refractivity contribution >= 4 is 0 Å². The van der Waals surface area contributed by atoms with Crippen molar-refractivity contribution in [3.8, 4) is 12.3 Å². The van der Waals surface area contributed by atoms with Crippen molar-refractivity contribution in [3.63, 3.8) is 0 Å². The lowest BCUT2D eigenvalue weighted by atomic mass is 10.2. The van der Waals surface area contributed by atoms with Gasteiger partial charge in [0.1, 0.15) is 5.69 Å². The number of aromatic nitrogens is 2. The summed E-state index contributed by atoms with van der Waals surface area (Å²) in [6.45, 7) is 6.74. The van der Waals surface area contributed by atoms with E-state index in [0.29, 0.717) is 12.1 Å². The van der Waals surface area contributed by atoms with Gasteiger partial charge in [-0.05, 0) is 12.8 Å². The van der Waals surface area contributed by atoms with E-state index in [1.165, 1.54) is 0 Å². The summed E-state index contributed by atoms with van der Waals surface area (Å²) in [6.07, 6.45) is 9.15. The van der Waals surface area contributed by atoms with Gasteiger partial charge in [0, 0.05) is 31.1 Å². The Hall–Kier alpha value is -1.82. The van der Waals surface area contributed by atoms with Gasteiger partial charge in [0.05, 0.1) is 5.69 Å². The zero-order chi connectivity index (χ0) is 10.4. The fourth-order valence-electron chi connectivity index (χ4n) is 1.13. The van der Waals surface area contributed by atoms with Gasteiger partial charge in [-0.1, -0.05) is 6.58 Å². The van der Waals surface area contributed by atoms with E-state index in [9.17, 15) is 0 Å². The molecule has 0 amide bonds. The fourth-order valence-corrected chi connectivity index (χ4v) is 1.13. The van der Waals surface area contributed by atoms with Gasteiger partial charge in [-0.15, -0.1) is 6.42 Å². The number of nitrogens with zero attached hydrogens (tertiary/aromatic N) is 2. The minimum absolute atomic E-state index is 0.589. The van der Waals surface area contributed by atoms with Crippen molar-refractivity contribution < 1.29 is 0 Å². The van der Waals surface area contributed by atoms with E-state index < -0.39 is 0 Å². The molecule has 1 rings (SSSR count). The summed E-state index contributed by atoms with van der Waals surface area (Å²) in [5.74, 6) is 2.50. The minimum Gasteiger partial charge on any atom is -0.389 e. The molecule has 0 saturated carbocycles. The predicted molar refractivity (Wildman–Crippen MR) is 56.5 cm³/mol. The van der Waals surface area contributed by atoms with Crippen molar-refractivity contribution in [3.05, 3.63) is 36.1 Å². The second-order valence-corrected chi connectivity index (χ2v) is 2.81. The molecule has 0 aliphatic carbocycles. The predicted octanol–water partition coefficient (Wildman–Crippen LogP) is 1.12. The summed E-state index contributed by atoms with van der Waals surface area (Å²) in [4.78, 5) is 8.21. The third-order valence-electron chi connectivity index (χ3n) is 1.72. The summed E-state index contributed by atoms with van der Waals surface area (Å²) in [6, 6.07) is 0. The van der Waals surface area contributed by atoms with Crippen LogP contribution in [0.5, 0.6) is 0 Å². The molecule has 0 aliphatic rings. The molecule has 0 radical (unpaired) electrons. The molecule has 0 atom stereocenters. The van der Waals surface area contributed by atoms with Crippen LogP contribution < -0.4 is 5.32 Å². The van der Waals surface area contributed by atoms with Crippen LogP contribution in [0.3, 0.4) is 0 Å². The van der Waals surface area contributed by atoms with Gasteiger partial charge in [-0.2, -0.15) is 0 Å². The number of allylic oxidation sites excluding steroid dienone is 1. The molecule has 0 unspecified atom stereocenters. The lowest BCUT2D eigenvalue weighted by molar-refractivity contribution is 0.809. The second kappa shape index (κ2) is 5.03. The first kappa shape index (κ1) is 10.3.